The Morgan fingerprint density at radius 1 is 1.16 bits per heavy atom. The maximum Gasteiger partial charge on any atom is 0.338 e. The normalized spacial score (nSPS) is 23.0. The molecule has 0 saturated heterocycles. The number of nitrogens with zero attached hydrogens (tertiary/aromatic N) is 1. The van der Waals surface area contributed by atoms with E-state index in [4.69, 9.17) is 4.74 Å². The average Bonchev–Trinajstić information content (AvgIpc) is 2.64. The van der Waals surface area contributed by atoms with Gasteiger partial charge < -0.3 is 4.74 Å². The van der Waals surface area contributed by atoms with Crippen LogP contribution < -0.4 is 0 Å². The van der Waals surface area contributed by atoms with Crippen molar-refractivity contribution in [1.82, 2.24) is 0 Å². The van der Waals surface area contributed by atoms with Crippen molar-refractivity contribution in [1.29, 1.82) is 5.26 Å². The summed E-state index contributed by atoms with van der Waals surface area (Å²) in [6.45, 7) is 4.32. The van der Waals surface area contributed by atoms with Crippen molar-refractivity contribution in [2.45, 2.75) is 84.2 Å². The van der Waals surface area contributed by atoms with Crippen molar-refractivity contribution in [3.63, 3.8) is 0 Å². The number of ether oxygens (including phenoxy) is 1. The van der Waals surface area contributed by atoms with Crippen LogP contribution in [0.1, 0.15) is 87.6 Å². The summed E-state index contributed by atoms with van der Waals surface area (Å²) >= 11 is 0. The van der Waals surface area contributed by atoms with Gasteiger partial charge in [-0.25, -0.2) is 4.79 Å². The van der Waals surface area contributed by atoms with E-state index in [-0.39, 0.29) is 17.5 Å². The predicted molar refractivity (Wildman–Crippen MR) is 100 cm³/mol. The molecule has 1 aromatic carbocycles. The fraction of sp³-hybridized carbons (Fsp3) is 0.636. The fourth-order valence-corrected chi connectivity index (χ4v) is 3.76. The summed E-state index contributed by atoms with van der Waals surface area (Å²) in [6, 6.07) is 10.3. The van der Waals surface area contributed by atoms with Crippen LogP contribution in [0.3, 0.4) is 0 Å². The first kappa shape index (κ1) is 19.5. The number of carbonyl (C=O) groups is 1. The van der Waals surface area contributed by atoms with Gasteiger partial charge in [-0.15, -0.1) is 0 Å². The highest BCUT2D eigenvalue weighted by molar-refractivity contribution is 5.89. The van der Waals surface area contributed by atoms with Crippen molar-refractivity contribution >= 4 is 5.97 Å². The standard InChI is InChI=1S/C22H31NO2/c1-3-5-6-7-18-8-10-19(11-9-18)21(24)25-20-12-15-22(17-23,14-4-2)16-13-20/h8-11,20H,3-7,12-16H2,1-2H3/t20-,22+. The van der Waals surface area contributed by atoms with Crippen LogP contribution in [-0.4, -0.2) is 12.1 Å². The van der Waals surface area contributed by atoms with Gasteiger partial charge in [0.15, 0.2) is 0 Å². The van der Waals surface area contributed by atoms with Gasteiger partial charge in [-0.05, 0) is 62.6 Å². The lowest BCUT2D eigenvalue weighted by atomic mass is 9.71. The van der Waals surface area contributed by atoms with E-state index in [1.165, 1.54) is 24.8 Å². The zero-order chi connectivity index (χ0) is 18.1. The van der Waals surface area contributed by atoms with Crippen LogP contribution in [-0.2, 0) is 11.2 Å². The van der Waals surface area contributed by atoms with Crippen molar-refractivity contribution in [3.05, 3.63) is 35.4 Å². The monoisotopic (exact) mass is 341 g/mol. The molecule has 0 radical (unpaired) electrons. The first-order valence-corrected chi connectivity index (χ1v) is 9.83. The average molecular weight is 341 g/mol. The summed E-state index contributed by atoms with van der Waals surface area (Å²) in [7, 11) is 0. The van der Waals surface area contributed by atoms with Crippen LogP contribution >= 0.6 is 0 Å². The molecule has 0 aromatic heterocycles. The molecule has 25 heavy (non-hydrogen) atoms. The van der Waals surface area contributed by atoms with Crippen LogP contribution in [0.25, 0.3) is 0 Å². The Morgan fingerprint density at radius 3 is 2.40 bits per heavy atom. The second kappa shape index (κ2) is 9.61. The minimum atomic E-state index is -0.231. The molecule has 3 heteroatoms. The third-order valence-corrected chi connectivity index (χ3v) is 5.39. The highest BCUT2D eigenvalue weighted by Gasteiger charge is 2.36. The minimum Gasteiger partial charge on any atom is -0.459 e. The Kier molecular flexibility index (Phi) is 7.50. The second-order valence-electron chi connectivity index (χ2n) is 7.40. The summed E-state index contributed by atoms with van der Waals surface area (Å²) in [4.78, 5) is 12.4. The number of esters is 1. The van der Waals surface area contributed by atoms with Crippen LogP contribution in [0.15, 0.2) is 24.3 Å². The Bertz CT molecular complexity index is 577. The van der Waals surface area contributed by atoms with Crippen LogP contribution in [0.4, 0.5) is 0 Å². The third kappa shape index (κ3) is 5.59. The fourth-order valence-electron chi connectivity index (χ4n) is 3.76. The van der Waals surface area contributed by atoms with Crippen LogP contribution in [0, 0.1) is 16.7 Å². The molecule has 1 saturated carbocycles. The molecule has 2 rings (SSSR count). The Labute approximate surface area is 152 Å². The molecular formula is C22H31NO2. The number of carbonyl (C=O) groups excluding carboxylic acids is 1. The van der Waals surface area contributed by atoms with Gasteiger partial charge in [-0.1, -0.05) is 45.2 Å². The molecule has 0 N–H and O–H groups in total. The predicted octanol–water partition coefficient (Wildman–Crippen LogP) is 5.83. The van der Waals surface area contributed by atoms with E-state index in [1.807, 2.05) is 24.3 Å². The summed E-state index contributed by atoms with van der Waals surface area (Å²) < 4.78 is 5.68. The zero-order valence-electron chi connectivity index (χ0n) is 15.7. The smallest absolute Gasteiger partial charge is 0.338 e. The molecule has 1 fully saturated rings. The molecular weight excluding hydrogens is 310 g/mol. The molecule has 0 atom stereocenters. The minimum absolute atomic E-state index is 0.0462. The zero-order valence-corrected chi connectivity index (χ0v) is 15.7. The molecule has 0 heterocycles. The van der Waals surface area contributed by atoms with Gasteiger partial charge in [0, 0.05) is 0 Å². The Balaban J connectivity index is 1.83. The van der Waals surface area contributed by atoms with Crippen LogP contribution in [0.2, 0.25) is 0 Å². The Hall–Kier alpha value is -1.82. The number of hydrogen-bond donors (Lipinski definition) is 0. The lowest BCUT2D eigenvalue weighted by Gasteiger charge is -2.34. The number of hydrogen-bond acceptors (Lipinski definition) is 3. The summed E-state index contributed by atoms with van der Waals surface area (Å²) in [5.74, 6) is -0.231. The summed E-state index contributed by atoms with van der Waals surface area (Å²) in [5, 5.41) is 9.46. The molecule has 0 bridgehead atoms. The number of rotatable bonds is 8. The summed E-state index contributed by atoms with van der Waals surface area (Å²) in [5.41, 5.74) is 1.71. The highest BCUT2D eigenvalue weighted by Crippen LogP contribution is 2.40. The van der Waals surface area contributed by atoms with E-state index in [0.29, 0.717) is 5.56 Å². The van der Waals surface area contributed by atoms with E-state index < -0.39 is 0 Å². The molecule has 0 aliphatic heterocycles. The SMILES string of the molecule is CCCCCc1ccc(C(=O)O[C@H]2CC[C@](C#N)(CCC)CC2)cc1. The van der Waals surface area contributed by atoms with Gasteiger partial charge in [0.25, 0.3) is 0 Å². The first-order chi connectivity index (χ1) is 12.1. The van der Waals surface area contributed by atoms with Crippen LogP contribution in [0.5, 0.6) is 0 Å². The molecule has 0 spiro atoms. The van der Waals surface area contributed by atoms with E-state index in [1.54, 1.807) is 0 Å². The van der Waals surface area contributed by atoms with Crippen molar-refractivity contribution in [2.75, 3.05) is 0 Å². The van der Waals surface area contributed by atoms with E-state index in [2.05, 4.69) is 19.9 Å². The highest BCUT2D eigenvalue weighted by atomic mass is 16.5. The molecule has 3 nitrogen and oxygen atoms in total. The largest absolute Gasteiger partial charge is 0.459 e. The first-order valence-electron chi connectivity index (χ1n) is 9.83. The van der Waals surface area contributed by atoms with Crippen molar-refractivity contribution in [2.24, 2.45) is 5.41 Å². The molecule has 1 aromatic rings. The number of benzene rings is 1. The van der Waals surface area contributed by atoms with Gasteiger partial charge >= 0.3 is 5.97 Å². The molecule has 1 aliphatic rings. The maximum absolute atomic E-state index is 12.4. The van der Waals surface area contributed by atoms with E-state index in [0.717, 1.165) is 44.9 Å². The quantitative estimate of drug-likeness (QED) is 0.441. The van der Waals surface area contributed by atoms with Crippen molar-refractivity contribution in [3.8, 4) is 6.07 Å². The van der Waals surface area contributed by atoms with Gasteiger partial charge in [0.05, 0.1) is 17.0 Å². The van der Waals surface area contributed by atoms with Gasteiger partial charge in [-0.3, -0.25) is 0 Å². The lowest BCUT2D eigenvalue weighted by Crippen LogP contribution is -2.31. The molecule has 0 unspecified atom stereocenters. The third-order valence-electron chi connectivity index (χ3n) is 5.39. The van der Waals surface area contributed by atoms with E-state index in [9.17, 15) is 10.1 Å². The number of aryl methyl sites for hydroxylation is 1. The number of nitriles is 1. The van der Waals surface area contributed by atoms with Gasteiger partial charge in [-0.2, -0.15) is 5.26 Å². The second-order valence-corrected chi connectivity index (χ2v) is 7.40. The van der Waals surface area contributed by atoms with Crippen molar-refractivity contribution < 1.29 is 9.53 Å². The molecule has 0 amide bonds. The lowest BCUT2D eigenvalue weighted by molar-refractivity contribution is 0.0106. The van der Waals surface area contributed by atoms with Gasteiger partial charge in [0.2, 0.25) is 0 Å². The van der Waals surface area contributed by atoms with E-state index >= 15 is 0 Å². The molecule has 136 valence electrons. The topological polar surface area (TPSA) is 50.1 Å². The van der Waals surface area contributed by atoms with Gasteiger partial charge in [0.1, 0.15) is 6.10 Å². The summed E-state index contributed by atoms with van der Waals surface area (Å²) in [6.07, 6.45) is 9.94. The Morgan fingerprint density at radius 2 is 1.84 bits per heavy atom. The maximum atomic E-state index is 12.4. The molecule has 1 aliphatic carbocycles. The number of unbranched alkanes of at least 4 members (excludes halogenated alkanes) is 2.